The summed E-state index contributed by atoms with van der Waals surface area (Å²) >= 11 is 3.59. The van der Waals surface area contributed by atoms with Crippen molar-refractivity contribution in [2.75, 3.05) is 25.1 Å². The predicted octanol–water partition coefficient (Wildman–Crippen LogP) is 3.63. The molecule has 0 unspecified atom stereocenters. The number of nitrogens with zero attached hydrogens (tertiary/aromatic N) is 1. The number of hydrogen-bond acceptors (Lipinski definition) is 2. The molecule has 0 bridgehead atoms. The number of piperidine rings is 1. The Morgan fingerprint density at radius 1 is 1.29 bits per heavy atom. The average Bonchev–Trinajstić information content (AvgIpc) is 2.38. The fraction of sp³-hybridized carbons (Fsp3) is 0.571. The highest BCUT2D eigenvalue weighted by Gasteiger charge is 2.19. The number of aryl methyl sites for hydroxylation is 1. The van der Waals surface area contributed by atoms with Crippen LogP contribution in [-0.2, 0) is 11.2 Å². The van der Waals surface area contributed by atoms with Gasteiger partial charge < -0.3 is 9.64 Å². The van der Waals surface area contributed by atoms with Crippen LogP contribution in [0.2, 0.25) is 0 Å². The van der Waals surface area contributed by atoms with Crippen LogP contribution in [0.1, 0.15) is 25.3 Å². The number of rotatable bonds is 3. The molecule has 3 heteroatoms. The molecule has 2 rings (SSSR count). The van der Waals surface area contributed by atoms with E-state index in [-0.39, 0.29) is 0 Å². The summed E-state index contributed by atoms with van der Waals surface area (Å²) in [4.78, 5) is 2.46. The highest BCUT2D eigenvalue weighted by Crippen LogP contribution is 2.26. The molecule has 0 N–H and O–H groups in total. The molecule has 1 heterocycles. The van der Waals surface area contributed by atoms with E-state index in [2.05, 4.69) is 46.0 Å². The Hall–Kier alpha value is -0.540. The maximum atomic E-state index is 5.41. The first-order valence-corrected chi connectivity index (χ1v) is 7.09. The molecule has 1 aliphatic heterocycles. The van der Waals surface area contributed by atoms with Gasteiger partial charge in [0, 0.05) is 30.4 Å². The van der Waals surface area contributed by atoms with Crippen molar-refractivity contribution in [3.63, 3.8) is 0 Å². The first-order chi connectivity index (χ1) is 8.22. The van der Waals surface area contributed by atoms with Gasteiger partial charge in [-0.3, -0.25) is 0 Å². The summed E-state index contributed by atoms with van der Waals surface area (Å²) in [5.74, 6) is 0. The van der Waals surface area contributed by atoms with Gasteiger partial charge in [0.05, 0.1) is 6.10 Å². The molecule has 94 valence electrons. The second-order valence-electron chi connectivity index (χ2n) is 4.59. The molecule has 0 aliphatic carbocycles. The predicted molar refractivity (Wildman–Crippen MR) is 75.8 cm³/mol. The Morgan fingerprint density at radius 2 is 2.00 bits per heavy atom. The van der Waals surface area contributed by atoms with E-state index in [0.717, 1.165) is 32.4 Å². The zero-order valence-corrected chi connectivity index (χ0v) is 12.2. The Morgan fingerprint density at radius 3 is 2.59 bits per heavy atom. The molecule has 0 aromatic heterocycles. The normalized spacial score (nSPS) is 17.5. The summed E-state index contributed by atoms with van der Waals surface area (Å²) in [5, 5.41) is 0. The van der Waals surface area contributed by atoms with Crippen molar-refractivity contribution < 1.29 is 4.74 Å². The lowest BCUT2D eigenvalue weighted by atomic mass is 10.1. The van der Waals surface area contributed by atoms with E-state index in [1.54, 1.807) is 0 Å². The molecule has 0 saturated carbocycles. The summed E-state index contributed by atoms with van der Waals surface area (Å²) < 4.78 is 6.59. The third-order valence-electron chi connectivity index (χ3n) is 3.49. The number of anilines is 1. The van der Waals surface area contributed by atoms with Gasteiger partial charge >= 0.3 is 0 Å². The van der Waals surface area contributed by atoms with Crippen LogP contribution in [0.4, 0.5) is 5.69 Å². The van der Waals surface area contributed by atoms with Gasteiger partial charge in [-0.1, -0.05) is 22.9 Å². The molecular weight excluding hydrogens is 278 g/mol. The molecule has 1 aromatic carbocycles. The summed E-state index contributed by atoms with van der Waals surface area (Å²) in [6, 6.07) is 6.72. The first kappa shape index (κ1) is 12.9. The maximum Gasteiger partial charge on any atom is 0.0605 e. The molecule has 0 radical (unpaired) electrons. The second kappa shape index (κ2) is 5.87. The van der Waals surface area contributed by atoms with Gasteiger partial charge in [0.25, 0.3) is 0 Å². The van der Waals surface area contributed by atoms with Crippen molar-refractivity contribution in [3.05, 3.63) is 28.2 Å². The summed E-state index contributed by atoms with van der Waals surface area (Å²) in [6.45, 7) is 4.39. The third-order valence-corrected chi connectivity index (χ3v) is 3.95. The van der Waals surface area contributed by atoms with Crippen LogP contribution in [-0.4, -0.2) is 26.3 Å². The number of ether oxygens (including phenoxy) is 1. The zero-order valence-electron chi connectivity index (χ0n) is 10.6. The fourth-order valence-electron chi connectivity index (χ4n) is 2.37. The average molecular weight is 298 g/mol. The van der Waals surface area contributed by atoms with Crippen molar-refractivity contribution in [1.29, 1.82) is 0 Å². The molecule has 1 saturated heterocycles. The van der Waals surface area contributed by atoms with E-state index in [1.807, 2.05) is 7.11 Å². The van der Waals surface area contributed by atoms with E-state index < -0.39 is 0 Å². The van der Waals surface area contributed by atoms with Crippen LogP contribution in [0.5, 0.6) is 0 Å². The van der Waals surface area contributed by atoms with E-state index in [0.29, 0.717) is 6.10 Å². The van der Waals surface area contributed by atoms with Crippen molar-refractivity contribution >= 4 is 21.6 Å². The minimum Gasteiger partial charge on any atom is -0.381 e. The van der Waals surface area contributed by atoms with Gasteiger partial charge in [-0.2, -0.15) is 0 Å². The van der Waals surface area contributed by atoms with Gasteiger partial charge in [-0.05, 0) is 43.0 Å². The van der Waals surface area contributed by atoms with E-state index in [4.69, 9.17) is 4.74 Å². The molecule has 1 aromatic rings. The minimum atomic E-state index is 0.448. The number of halogens is 1. The molecule has 0 amide bonds. The monoisotopic (exact) mass is 297 g/mol. The number of benzene rings is 1. The standard InChI is InChI=1S/C14H20BrNO/c1-3-11-8-12(15)10-13(9-11)16-6-4-14(17-2)5-7-16/h8-10,14H,3-7H2,1-2H3. The molecule has 2 nitrogen and oxygen atoms in total. The number of hydrogen-bond donors (Lipinski definition) is 0. The SMILES string of the molecule is CCc1cc(Br)cc(N2CCC(OC)CC2)c1. The van der Waals surface area contributed by atoms with Crippen molar-refractivity contribution in [2.24, 2.45) is 0 Å². The highest BCUT2D eigenvalue weighted by atomic mass is 79.9. The molecule has 1 aliphatic rings. The van der Waals surface area contributed by atoms with Gasteiger partial charge in [-0.15, -0.1) is 0 Å². The first-order valence-electron chi connectivity index (χ1n) is 6.30. The van der Waals surface area contributed by atoms with Gasteiger partial charge in [-0.25, -0.2) is 0 Å². The van der Waals surface area contributed by atoms with Crippen LogP contribution >= 0.6 is 15.9 Å². The molecule has 1 fully saturated rings. The minimum absolute atomic E-state index is 0.448. The lowest BCUT2D eigenvalue weighted by Gasteiger charge is -2.33. The van der Waals surface area contributed by atoms with Crippen LogP contribution in [0.3, 0.4) is 0 Å². The molecule has 0 atom stereocenters. The number of methoxy groups -OCH3 is 1. The quantitative estimate of drug-likeness (QED) is 0.845. The zero-order chi connectivity index (χ0) is 12.3. The van der Waals surface area contributed by atoms with Crippen molar-refractivity contribution in [1.82, 2.24) is 0 Å². The smallest absolute Gasteiger partial charge is 0.0605 e. The summed E-state index contributed by atoms with van der Waals surface area (Å²) in [7, 11) is 1.81. The van der Waals surface area contributed by atoms with E-state index >= 15 is 0 Å². The van der Waals surface area contributed by atoms with Crippen LogP contribution in [0.15, 0.2) is 22.7 Å². The van der Waals surface area contributed by atoms with Crippen molar-refractivity contribution in [3.8, 4) is 0 Å². The topological polar surface area (TPSA) is 12.5 Å². The molecular formula is C14H20BrNO. The Bertz CT molecular complexity index is 372. The Balaban J connectivity index is 2.10. The van der Waals surface area contributed by atoms with Gasteiger partial charge in [0.1, 0.15) is 0 Å². The summed E-state index contributed by atoms with van der Waals surface area (Å²) in [6.07, 6.45) is 3.79. The Kier molecular flexibility index (Phi) is 4.46. The van der Waals surface area contributed by atoms with Crippen LogP contribution in [0.25, 0.3) is 0 Å². The van der Waals surface area contributed by atoms with E-state index in [9.17, 15) is 0 Å². The lowest BCUT2D eigenvalue weighted by Crippen LogP contribution is -2.36. The largest absolute Gasteiger partial charge is 0.381 e. The van der Waals surface area contributed by atoms with Crippen LogP contribution in [0, 0.1) is 0 Å². The van der Waals surface area contributed by atoms with Gasteiger partial charge in [0.15, 0.2) is 0 Å². The third kappa shape index (κ3) is 3.23. The molecule has 17 heavy (non-hydrogen) atoms. The van der Waals surface area contributed by atoms with E-state index in [1.165, 1.54) is 15.7 Å². The fourth-order valence-corrected chi connectivity index (χ4v) is 2.90. The molecule has 0 spiro atoms. The van der Waals surface area contributed by atoms with Crippen molar-refractivity contribution in [2.45, 2.75) is 32.3 Å². The Labute approximate surface area is 112 Å². The van der Waals surface area contributed by atoms with Gasteiger partial charge in [0.2, 0.25) is 0 Å². The maximum absolute atomic E-state index is 5.41. The highest BCUT2D eigenvalue weighted by molar-refractivity contribution is 9.10. The summed E-state index contributed by atoms with van der Waals surface area (Å²) in [5.41, 5.74) is 2.73. The second-order valence-corrected chi connectivity index (χ2v) is 5.51. The van der Waals surface area contributed by atoms with Crippen LogP contribution < -0.4 is 4.90 Å². The lowest BCUT2D eigenvalue weighted by molar-refractivity contribution is 0.0819.